The fraction of sp³-hybridized carbons (Fsp3) is 0.105. The minimum absolute atomic E-state index is 0.0149. The van der Waals surface area contributed by atoms with Gasteiger partial charge in [-0.25, -0.2) is 0 Å². The largest absolute Gasteiger partial charge is 0.573 e. The minimum Gasteiger partial charge on any atom is -0.484 e. The van der Waals surface area contributed by atoms with Crippen molar-refractivity contribution in [2.45, 2.75) is 13.0 Å². The number of ether oxygens (including phenoxy) is 2. The van der Waals surface area contributed by atoms with E-state index in [0.29, 0.717) is 16.5 Å². The maximum absolute atomic E-state index is 12.2. The van der Waals surface area contributed by atoms with E-state index >= 15 is 0 Å². The molecule has 0 fully saturated rings. The van der Waals surface area contributed by atoms with Crippen LogP contribution in [-0.2, 0) is 6.61 Å². The van der Waals surface area contributed by atoms with Gasteiger partial charge < -0.3 is 19.2 Å². The summed E-state index contributed by atoms with van der Waals surface area (Å²) in [7, 11) is 0. The lowest BCUT2D eigenvalue weighted by molar-refractivity contribution is -0.274. The minimum atomic E-state index is -4.78. The first-order valence-electron chi connectivity index (χ1n) is 8.03. The molecule has 0 aliphatic rings. The van der Waals surface area contributed by atoms with Crippen LogP contribution in [0, 0.1) is 0 Å². The van der Waals surface area contributed by atoms with Crippen molar-refractivity contribution in [1.82, 2.24) is 0 Å². The third-order valence-corrected chi connectivity index (χ3v) is 4.28. The van der Waals surface area contributed by atoms with E-state index in [1.807, 2.05) is 0 Å². The Balaban J connectivity index is 1.57. The highest BCUT2D eigenvalue weighted by Gasteiger charge is 2.31. The molecule has 3 rings (SSSR count). The molecule has 152 valence electrons. The van der Waals surface area contributed by atoms with Crippen molar-refractivity contribution in [1.29, 1.82) is 0 Å². The number of amides is 1. The lowest BCUT2D eigenvalue weighted by atomic mass is 10.3. The van der Waals surface area contributed by atoms with Crippen molar-refractivity contribution >= 4 is 39.1 Å². The Labute approximate surface area is 176 Å². The number of rotatable bonds is 6. The molecule has 10 heteroatoms. The van der Waals surface area contributed by atoms with Gasteiger partial charge in [0, 0.05) is 10.2 Å². The van der Waals surface area contributed by atoms with Crippen LogP contribution in [0.2, 0.25) is 5.02 Å². The predicted octanol–water partition coefficient (Wildman–Crippen LogP) is 6.43. The van der Waals surface area contributed by atoms with Crippen LogP contribution in [0.25, 0.3) is 0 Å². The summed E-state index contributed by atoms with van der Waals surface area (Å²) in [5.41, 5.74) is 0.278. The average molecular weight is 491 g/mol. The quantitative estimate of drug-likeness (QED) is 0.433. The van der Waals surface area contributed by atoms with Gasteiger partial charge in [0.05, 0.1) is 5.02 Å². The lowest BCUT2D eigenvalue weighted by Gasteiger charge is -2.09. The molecule has 5 nitrogen and oxygen atoms in total. The number of furan rings is 1. The monoisotopic (exact) mass is 489 g/mol. The first kappa shape index (κ1) is 21.1. The molecule has 1 amide bonds. The zero-order valence-electron chi connectivity index (χ0n) is 14.4. The second-order valence-corrected chi connectivity index (χ2v) is 6.98. The maximum Gasteiger partial charge on any atom is 0.573 e. The Hall–Kier alpha value is -2.65. The molecular formula is C19H12BrClF3NO4. The van der Waals surface area contributed by atoms with E-state index in [1.54, 1.807) is 24.3 Å². The van der Waals surface area contributed by atoms with Crippen molar-refractivity contribution in [3.05, 3.63) is 75.6 Å². The molecule has 1 N–H and O–H groups in total. The first-order chi connectivity index (χ1) is 13.7. The van der Waals surface area contributed by atoms with Crippen LogP contribution >= 0.6 is 27.5 Å². The van der Waals surface area contributed by atoms with E-state index in [1.165, 1.54) is 18.2 Å². The Morgan fingerprint density at radius 1 is 1.10 bits per heavy atom. The van der Waals surface area contributed by atoms with Gasteiger partial charge in [-0.15, -0.1) is 13.2 Å². The number of carbonyl (C=O) groups excluding carboxylic acids is 1. The van der Waals surface area contributed by atoms with Crippen LogP contribution in [0.1, 0.15) is 16.3 Å². The number of hydrogen-bond acceptors (Lipinski definition) is 4. The average Bonchev–Trinajstić information content (AvgIpc) is 3.10. The number of carbonyl (C=O) groups is 1. The van der Waals surface area contributed by atoms with E-state index in [0.717, 1.165) is 16.6 Å². The summed E-state index contributed by atoms with van der Waals surface area (Å²) in [6.45, 7) is 0.0537. The van der Waals surface area contributed by atoms with Crippen molar-refractivity contribution in [3.63, 3.8) is 0 Å². The number of hydrogen-bond donors (Lipinski definition) is 1. The number of anilines is 1. The van der Waals surface area contributed by atoms with Gasteiger partial charge in [0.2, 0.25) is 0 Å². The summed E-state index contributed by atoms with van der Waals surface area (Å²) < 4.78 is 52.1. The van der Waals surface area contributed by atoms with Crippen molar-refractivity contribution in [3.8, 4) is 11.5 Å². The third kappa shape index (κ3) is 6.16. The highest BCUT2D eigenvalue weighted by molar-refractivity contribution is 9.10. The fourth-order valence-corrected chi connectivity index (χ4v) is 2.98. The van der Waals surface area contributed by atoms with Crippen molar-refractivity contribution < 1.29 is 31.9 Å². The molecule has 0 spiro atoms. The molecule has 3 aromatic rings. The summed E-state index contributed by atoms with van der Waals surface area (Å²) in [6, 6.07) is 12.9. The lowest BCUT2D eigenvalue weighted by Crippen LogP contribution is -2.17. The Kier molecular flexibility index (Phi) is 6.39. The molecule has 0 aliphatic heterocycles. The smallest absolute Gasteiger partial charge is 0.484 e. The van der Waals surface area contributed by atoms with Gasteiger partial charge in [-0.05, 0) is 54.6 Å². The van der Waals surface area contributed by atoms with Gasteiger partial charge in [-0.2, -0.15) is 0 Å². The second-order valence-electron chi connectivity index (χ2n) is 5.66. The van der Waals surface area contributed by atoms with Crippen molar-refractivity contribution in [2.24, 2.45) is 0 Å². The van der Waals surface area contributed by atoms with Gasteiger partial charge in [0.1, 0.15) is 23.9 Å². The van der Waals surface area contributed by atoms with E-state index in [4.69, 9.17) is 20.8 Å². The van der Waals surface area contributed by atoms with Crippen LogP contribution in [0.3, 0.4) is 0 Å². The topological polar surface area (TPSA) is 60.7 Å². The summed E-state index contributed by atoms with van der Waals surface area (Å²) in [5, 5.41) is 2.93. The molecule has 0 bridgehead atoms. The van der Waals surface area contributed by atoms with E-state index in [2.05, 4.69) is 26.0 Å². The van der Waals surface area contributed by atoms with Gasteiger partial charge >= 0.3 is 6.36 Å². The van der Waals surface area contributed by atoms with Gasteiger partial charge in [-0.1, -0.05) is 27.5 Å². The van der Waals surface area contributed by atoms with Gasteiger partial charge in [0.25, 0.3) is 5.91 Å². The van der Waals surface area contributed by atoms with Crippen LogP contribution in [0.15, 0.2) is 63.5 Å². The van der Waals surface area contributed by atoms with Crippen molar-refractivity contribution in [2.75, 3.05) is 5.32 Å². The zero-order chi connectivity index (χ0) is 21.0. The molecular weight excluding hydrogens is 479 g/mol. The SMILES string of the molecule is O=C(Nc1ccc(OC(F)(F)F)cc1)c1ccc(COc2ccc(Br)cc2Cl)o1. The zero-order valence-corrected chi connectivity index (χ0v) is 16.8. The molecule has 0 aliphatic carbocycles. The molecule has 1 heterocycles. The second kappa shape index (κ2) is 8.79. The number of benzene rings is 2. The number of halogens is 5. The van der Waals surface area contributed by atoms with E-state index in [-0.39, 0.29) is 23.8 Å². The Morgan fingerprint density at radius 3 is 2.48 bits per heavy atom. The maximum atomic E-state index is 12.2. The molecule has 0 radical (unpaired) electrons. The number of alkyl halides is 3. The molecule has 1 aromatic heterocycles. The predicted molar refractivity (Wildman–Crippen MR) is 103 cm³/mol. The van der Waals surface area contributed by atoms with Crippen LogP contribution < -0.4 is 14.8 Å². The van der Waals surface area contributed by atoms with Gasteiger partial charge in [-0.3, -0.25) is 4.79 Å². The summed E-state index contributed by atoms with van der Waals surface area (Å²) >= 11 is 9.36. The van der Waals surface area contributed by atoms with Crippen LogP contribution in [0.5, 0.6) is 11.5 Å². The summed E-state index contributed by atoms with van der Waals surface area (Å²) in [4.78, 5) is 12.2. The highest BCUT2D eigenvalue weighted by Crippen LogP contribution is 2.28. The van der Waals surface area contributed by atoms with E-state index < -0.39 is 12.3 Å². The van der Waals surface area contributed by atoms with Crippen LogP contribution in [-0.4, -0.2) is 12.3 Å². The Morgan fingerprint density at radius 2 is 1.83 bits per heavy atom. The fourth-order valence-electron chi connectivity index (χ4n) is 2.25. The molecule has 29 heavy (non-hydrogen) atoms. The summed E-state index contributed by atoms with van der Waals surface area (Å²) in [5.74, 6) is -0.0930. The molecule has 0 unspecified atom stereocenters. The number of nitrogens with one attached hydrogen (secondary N) is 1. The third-order valence-electron chi connectivity index (χ3n) is 3.50. The molecule has 0 saturated carbocycles. The van der Waals surface area contributed by atoms with E-state index in [9.17, 15) is 18.0 Å². The first-order valence-corrected chi connectivity index (χ1v) is 9.20. The van der Waals surface area contributed by atoms with Gasteiger partial charge in [0.15, 0.2) is 5.76 Å². The van der Waals surface area contributed by atoms with Crippen LogP contribution in [0.4, 0.5) is 18.9 Å². The highest BCUT2D eigenvalue weighted by atomic mass is 79.9. The normalized spacial score (nSPS) is 11.2. The molecule has 0 atom stereocenters. The standard InChI is InChI=1S/C19H12BrClF3NO4/c20-11-1-7-16(15(21)9-11)27-10-14-6-8-17(28-14)18(26)25-12-2-4-13(5-3-12)29-19(22,23)24/h1-9H,10H2,(H,25,26). The molecule has 0 saturated heterocycles. The Bertz CT molecular complexity index is 1010. The summed E-state index contributed by atoms with van der Waals surface area (Å²) in [6.07, 6.45) is -4.78. The molecule has 2 aromatic carbocycles.